The van der Waals surface area contributed by atoms with Gasteiger partial charge >= 0.3 is 0 Å². The van der Waals surface area contributed by atoms with Gasteiger partial charge in [-0.25, -0.2) is 0 Å². The van der Waals surface area contributed by atoms with E-state index in [1.54, 1.807) is 0 Å². The largest absolute Gasteiger partial charge is 0.336 e. The van der Waals surface area contributed by atoms with Gasteiger partial charge < -0.3 is 10.6 Å². The monoisotopic (exact) mass is 436 g/mol. The molecule has 0 spiro atoms. The third-order valence-corrected chi connectivity index (χ3v) is 5.10. The fraction of sp³-hybridized carbons (Fsp3) is 0.500. The van der Waals surface area contributed by atoms with Gasteiger partial charge in [0.05, 0.1) is 5.56 Å². The Balaban J connectivity index is 2.24. The number of rotatable bonds is 2. The van der Waals surface area contributed by atoms with Crippen LogP contribution in [0.5, 0.6) is 0 Å². The van der Waals surface area contributed by atoms with Crippen molar-refractivity contribution in [2.45, 2.75) is 25.8 Å². The van der Waals surface area contributed by atoms with E-state index in [9.17, 15) is 4.79 Å². The first-order valence-corrected chi connectivity index (χ1v) is 8.36. The Morgan fingerprint density at radius 2 is 2.26 bits per heavy atom. The number of nitrogens with zero attached hydrogens (tertiary/aromatic N) is 1. The molecule has 0 aromatic heterocycles. The maximum atomic E-state index is 12.7. The van der Waals surface area contributed by atoms with E-state index in [0.717, 1.165) is 33.0 Å². The van der Waals surface area contributed by atoms with Crippen molar-refractivity contribution in [2.75, 3.05) is 13.1 Å². The van der Waals surface area contributed by atoms with Gasteiger partial charge in [0, 0.05) is 20.6 Å². The van der Waals surface area contributed by atoms with Crippen LogP contribution >= 0.6 is 38.5 Å². The number of amides is 1. The lowest BCUT2D eigenvalue weighted by atomic mass is 9.93. The summed E-state index contributed by atoms with van der Waals surface area (Å²) in [5, 5.41) is 0. The molecule has 2 N–H and O–H groups in total. The molecule has 1 heterocycles. The van der Waals surface area contributed by atoms with Gasteiger partial charge in [0.1, 0.15) is 0 Å². The van der Waals surface area contributed by atoms with Crippen molar-refractivity contribution in [2.24, 2.45) is 11.7 Å². The van der Waals surface area contributed by atoms with E-state index in [1.807, 2.05) is 23.1 Å². The normalized spacial score (nSPS) is 23.5. The third kappa shape index (κ3) is 3.49. The zero-order valence-electron chi connectivity index (χ0n) is 10.9. The summed E-state index contributed by atoms with van der Waals surface area (Å²) in [5.41, 5.74) is 6.50. The predicted molar refractivity (Wildman–Crippen MR) is 89.1 cm³/mol. The molecular weight excluding hydrogens is 419 g/mol. The fourth-order valence-electron chi connectivity index (χ4n) is 2.47. The summed E-state index contributed by atoms with van der Waals surface area (Å²) in [6.07, 6.45) is 2.16. The van der Waals surface area contributed by atoms with Gasteiger partial charge in [-0.15, -0.1) is 0 Å². The highest BCUT2D eigenvalue weighted by molar-refractivity contribution is 14.1. The van der Waals surface area contributed by atoms with Crippen molar-refractivity contribution in [1.29, 1.82) is 0 Å². The first-order chi connectivity index (χ1) is 9.02. The molecule has 0 radical (unpaired) electrons. The summed E-state index contributed by atoms with van der Waals surface area (Å²) >= 11 is 5.71. The maximum absolute atomic E-state index is 12.7. The van der Waals surface area contributed by atoms with Crippen molar-refractivity contribution in [3.05, 3.63) is 31.8 Å². The van der Waals surface area contributed by atoms with Crippen molar-refractivity contribution in [3.8, 4) is 0 Å². The van der Waals surface area contributed by atoms with Gasteiger partial charge in [-0.2, -0.15) is 0 Å². The van der Waals surface area contributed by atoms with Gasteiger partial charge in [-0.3, -0.25) is 4.79 Å². The quantitative estimate of drug-likeness (QED) is 0.723. The topological polar surface area (TPSA) is 46.3 Å². The summed E-state index contributed by atoms with van der Waals surface area (Å²) in [5.74, 6) is 0.540. The molecule has 104 valence electrons. The standard InChI is InChI=1S/C14H18BrIN2O/c1-9-2-3-10(7-17)8-18(9)14(19)12-6-11(16)4-5-13(12)15/h4-6,9-10H,2-3,7-8,17H2,1H3. The lowest BCUT2D eigenvalue weighted by Crippen LogP contribution is -2.47. The summed E-state index contributed by atoms with van der Waals surface area (Å²) in [6.45, 7) is 3.55. The molecule has 2 rings (SSSR count). The van der Waals surface area contributed by atoms with Crippen LogP contribution in [0.3, 0.4) is 0 Å². The Labute approximate surface area is 136 Å². The molecule has 1 aromatic carbocycles. The second kappa shape index (κ2) is 6.54. The van der Waals surface area contributed by atoms with E-state index >= 15 is 0 Å². The molecule has 1 fully saturated rings. The molecule has 5 heteroatoms. The van der Waals surface area contributed by atoms with Gasteiger partial charge in [0.25, 0.3) is 5.91 Å². The number of carbonyl (C=O) groups is 1. The molecule has 1 amide bonds. The van der Waals surface area contributed by atoms with Crippen LogP contribution in [-0.2, 0) is 0 Å². The summed E-state index contributed by atoms with van der Waals surface area (Å²) < 4.78 is 1.93. The van der Waals surface area contributed by atoms with E-state index in [-0.39, 0.29) is 5.91 Å². The molecule has 0 bridgehead atoms. The Morgan fingerprint density at radius 1 is 1.53 bits per heavy atom. The second-order valence-electron chi connectivity index (χ2n) is 5.11. The number of carbonyl (C=O) groups excluding carboxylic acids is 1. The van der Waals surface area contributed by atoms with Crippen LogP contribution in [0.15, 0.2) is 22.7 Å². The molecule has 3 nitrogen and oxygen atoms in total. The molecule has 1 aliphatic rings. The minimum atomic E-state index is 0.107. The highest BCUT2D eigenvalue weighted by Crippen LogP contribution is 2.26. The SMILES string of the molecule is CC1CCC(CN)CN1C(=O)c1cc(I)ccc1Br. The van der Waals surface area contributed by atoms with Crippen LogP contribution in [0.25, 0.3) is 0 Å². The molecule has 2 atom stereocenters. The van der Waals surface area contributed by atoms with Crippen LogP contribution in [0.2, 0.25) is 0 Å². The zero-order chi connectivity index (χ0) is 14.0. The van der Waals surface area contributed by atoms with Crippen LogP contribution in [0.1, 0.15) is 30.1 Å². The molecule has 1 aliphatic heterocycles. The number of hydrogen-bond acceptors (Lipinski definition) is 2. The van der Waals surface area contributed by atoms with Gasteiger partial charge in [0.15, 0.2) is 0 Å². The lowest BCUT2D eigenvalue weighted by molar-refractivity contribution is 0.0566. The molecule has 0 aliphatic carbocycles. The van der Waals surface area contributed by atoms with E-state index in [2.05, 4.69) is 45.4 Å². The second-order valence-corrected chi connectivity index (χ2v) is 7.21. The van der Waals surface area contributed by atoms with Gasteiger partial charge in [0.2, 0.25) is 0 Å². The molecular formula is C14H18BrIN2O. The average molecular weight is 437 g/mol. The third-order valence-electron chi connectivity index (χ3n) is 3.73. The van der Waals surface area contributed by atoms with Crippen molar-refractivity contribution in [3.63, 3.8) is 0 Å². The number of hydrogen-bond donors (Lipinski definition) is 1. The molecule has 2 unspecified atom stereocenters. The van der Waals surface area contributed by atoms with Crippen LogP contribution in [0, 0.1) is 9.49 Å². The van der Waals surface area contributed by atoms with E-state index in [4.69, 9.17) is 5.73 Å². The average Bonchev–Trinajstić information content (AvgIpc) is 2.41. The smallest absolute Gasteiger partial charge is 0.255 e. The molecule has 0 saturated carbocycles. The minimum absolute atomic E-state index is 0.107. The Kier molecular flexibility index (Phi) is 5.25. The molecule has 1 saturated heterocycles. The number of halogens is 2. The van der Waals surface area contributed by atoms with E-state index in [0.29, 0.717) is 18.5 Å². The first-order valence-electron chi connectivity index (χ1n) is 6.49. The fourth-order valence-corrected chi connectivity index (χ4v) is 3.38. The van der Waals surface area contributed by atoms with Crippen LogP contribution in [0.4, 0.5) is 0 Å². The summed E-state index contributed by atoms with van der Waals surface area (Å²) in [7, 11) is 0. The number of likely N-dealkylation sites (tertiary alicyclic amines) is 1. The van der Waals surface area contributed by atoms with Crippen molar-refractivity contribution < 1.29 is 4.79 Å². The predicted octanol–water partition coefficient (Wildman–Crippen LogP) is 3.25. The summed E-state index contributed by atoms with van der Waals surface area (Å²) in [6, 6.07) is 6.15. The van der Waals surface area contributed by atoms with Crippen LogP contribution in [-0.4, -0.2) is 29.9 Å². The van der Waals surface area contributed by atoms with E-state index < -0.39 is 0 Å². The van der Waals surface area contributed by atoms with E-state index in [1.165, 1.54) is 0 Å². The Bertz CT molecular complexity index is 481. The first kappa shape index (κ1) is 15.3. The van der Waals surface area contributed by atoms with Gasteiger partial charge in [-0.1, -0.05) is 0 Å². The Morgan fingerprint density at radius 3 is 2.95 bits per heavy atom. The van der Waals surface area contributed by atoms with Crippen molar-refractivity contribution >= 4 is 44.4 Å². The zero-order valence-corrected chi connectivity index (χ0v) is 14.6. The molecule has 19 heavy (non-hydrogen) atoms. The van der Waals surface area contributed by atoms with Crippen LogP contribution < -0.4 is 5.73 Å². The number of benzene rings is 1. The van der Waals surface area contributed by atoms with Gasteiger partial charge in [-0.05, 0) is 88.9 Å². The highest BCUT2D eigenvalue weighted by atomic mass is 127. The highest BCUT2D eigenvalue weighted by Gasteiger charge is 2.29. The summed E-state index contributed by atoms with van der Waals surface area (Å²) in [4.78, 5) is 14.7. The number of piperidine rings is 1. The number of nitrogens with two attached hydrogens (primary N) is 1. The Hall–Kier alpha value is -0.140. The van der Waals surface area contributed by atoms with Crippen molar-refractivity contribution in [1.82, 2.24) is 4.90 Å². The maximum Gasteiger partial charge on any atom is 0.255 e. The minimum Gasteiger partial charge on any atom is -0.336 e. The molecule has 1 aromatic rings. The lowest BCUT2D eigenvalue weighted by Gasteiger charge is -2.38.